The van der Waals surface area contributed by atoms with Crippen molar-refractivity contribution in [2.75, 3.05) is 26.2 Å². The molecule has 6 nitrogen and oxygen atoms in total. The lowest BCUT2D eigenvalue weighted by Crippen LogP contribution is -2.51. The molecule has 2 amide bonds. The summed E-state index contributed by atoms with van der Waals surface area (Å²) >= 11 is 0. The van der Waals surface area contributed by atoms with Crippen molar-refractivity contribution in [1.82, 2.24) is 14.4 Å². The van der Waals surface area contributed by atoms with Gasteiger partial charge in [-0.25, -0.2) is 0 Å². The summed E-state index contributed by atoms with van der Waals surface area (Å²) in [5.74, 6) is -0.986. The van der Waals surface area contributed by atoms with Crippen LogP contribution in [0.1, 0.15) is 17.3 Å². The first kappa shape index (κ1) is 15.3. The molecule has 2 heterocycles. The van der Waals surface area contributed by atoms with Gasteiger partial charge in [-0.05, 0) is 6.07 Å². The van der Waals surface area contributed by atoms with Crippen molar-refractivity contribution in [3.63, 3.8) is 0 Å². The van der Waals surface area contributed by atoms with E-state index in [4.69, 9.17) is 0 Å². The highest BCUT2D eigenvalue weighted by molar-refractivity contribution is 6.44. The second-order valence-corrected chi connectivity index (χ2v) is 5.80. The minimum Gasteiger partial charge on any atom is -0.350 e. The molecule has 1 saturated heterocycles. The molecular weight excluding hydrogens is 294 g/mol. The van der Waals surface area contributed by atoms with Gasteiger partial charge in [0, 0.05) is 57.3 Å². The number of benzene rings is 1. The zero-order valence-electron chi connectivity index (χ0n) is 13.3. The summed E-state index contributed by atoms with van der Waals surface area (Å²) in [6.07, 6.45) is 1.71. The van der Waals surface area contributed by atoms with E-state index in [0.29, 0.717) is 31.7 Å². The maximum Gasteiger partial charge on any atom is 0.295 e. The van der Waals surface area contributed by atoms with Gasteiger partial charge in [0.2, 0.25) is 5.91 Å². The highest BCUT2D eigenvalue weighted by atomic mass is 16.2. The van der Waals surface area contributed by atoms with Crippen LogP contribution in [0.5, 0.6) is 0 Å². The van der Waals surface area contributed by atoms with E-state index < -0.39 is 11.7 Å². The fourth-order valence-electron chi connectivity index (χ4n) is 3.01. The Morgan fingerprint density at radius 1 is 0.957 bits per heavy atom. The quantitative estimate of drug-likeness (QED) is 0.615. The lowest BCUT2D eigenvalue weighted by atomic mass is 10.1. The van der Waals surface area contributed by atoms with Gasteiger partial charge in [0.05, 0.1) is 5.56 Å². The van der Waals surface area contributed by atoms with E-state index >= 15 is 0 Å². The van der Waals surface area contributed by atoms with Crippen molar-refractivity contribution in [1.29, 1.82) is 0 Å². The Balaban J connectivity index is 1.80. The number of hydrogen-bond acceptors (Lipinski definition) is 3. The highest BCUT2D eigenvalue weighted by Gasteiger charge is 2.29. The van der Waals surface area contributed by atoms with Crippen molar-refractivity contribution in [2.45, 2.75) is 6.92 Å². The number of piperazine rings is 1. The second kappa shape index (κ2) is 5.87. The monoisotopic (exact) mass is 313 g/mol. The number of Topliss-reactive ketones (excluding diaryl/α,β-unsaturated/α-hetero) is 1. The average molecular weight is 313 g/mol. The van der Waals surface area contributed by atoms with Crippen LogP contribution in [0.3, 0.4) is 0 Å². The molecule has 1 aromatic heterocycles. The van der Waals surface area contributed by atoms with Crippen LogP contribution in [0, 0.1) is 0 Å². The van der Waals surface area contributed by atoms with Crippen LogP contribution in [-0.4, -0.2) is 58.1 Å². The van der Waals surface area contributed by atoms with E-state index in [2.05, 4.69) is 0 Å². The summed E-state index contributed by atoms with van der Waals surface area (Å²) in [4.78, 5) is 39.6. The molecule has 120 valence electrons. The SMILES string of the molecule is CC(=O)N1CCN(C(=O)C(=O)c2cn(C)c3ccccc23)CC1. The summed E-state index contributed by atoms with van der Waals surface area (Å²) in [5.41, 5.74) is 1.35. The lowest BCUT2D eigenvalue weighted by Gasteiger charge is -2.33. The summed E-state index contributed by atoms with van der Waals surface area (Å²) < 4.78 is 1.85. The third-order valence-electron chi connectivity index (χ3n) is 4.35. The Morgan fingerprint density at radius 3 is 2.22 bits per heavy atom. The summed E-state index contributed by atoms with van der Waals surface area (Å²) in [5, 5.41) is 0.788. The molecule has 0 radical (unpaired) electrons. The van der Waals surface area contributed by atoms with Crippen LogP contribution in [0.2, 0.25) is 0 Å². The largest absolute Gasteiger partial charge is 0.350 e. The van der Waals surface area contributed by atoms with E-state index in [1.165, 1.54) is 11.8 Å². The summed E-state index contributed by atoms with van der Waals surface area (Å²) in [6, 6.07) is 7.53. The van der Waals surface area contributed by atoms with Crippen molar-refractivity contribution < 1.29 is 14.4 Å². The molecule has 6 heteroatoms. The van der Waals surface area contributed by atoms with Gasteiger partial charge in [0.1, 0.15) is 0 Å². The number of rotatable bonds is 2. The van der Waals surface area contributed by atoms with Gasteiger partial charge in [0.25, 0.3) is 11.7 Å². The van der Waals surface area contributed by atoms with Crippen LogP contribution in [0.4, 0.5) is 0 Å². The van der Waals surface area contributed by atoms with Crippen LogP contribution < -0.4 is 0 Å². The smallest absolute Gasteiger partial charge is 0.295 e. The first-order valence-electron chi connectivity index (χ1n) is 7.62. The first-order chi connectivity index (χ1) is 11.0. The van der Waals surface area contributed by atoms with Crippen molar-refractivity contribution in [2.24, 2.45) is 7.05 Å². The molecule has 0 unspecified atom stereocenters. The van der Waals surface area contributed by atoms with Gasteiger partial charge in [-0.1, -0.05) is 18.2 Å². The minimum atomic E-state index is -0.496. The third kappa shape index (κ3) is 2.72. The molecule has 23 heavy (non-hydrogen) atoms. The number of fused-ring (bicyclic) bond motifs is 1. The van der Waals surface area contributed by atoms with Crippen molar-refractivity contribution in [3.8, 4) is 0 Å². The number of carbonyl (C=O) groups is 3. The molecule has 1 aromatic carbocycles. The van der Waals surface area contributed by atoms with Crippen LogP contribution in [-0.2, 0) is 16.6 Å². The fourth-order valence-corrected chi connectivity index (χ4v) is 3.01. The molecule has 0 saturated carbocycles. The molecule has 0 bridgehead atoms. The fraction of sp³-hybridized carbons (Fsp3) is 0.353. The first-order valence-corrected chi connectivity index (χ1v) is 7.62. The summed E-state index contributed by atoms with van der Waals surface area (Å²) in [7, 11) is 1.86. The predicted molar refractivity (Wildman–Crippen MR) is 86.1 cm³/mol. The maximum absolute atomic E-state index is 12.6. The van der Waals surface area contributed by atoms with Gasteiger partial charge in [-0.2, -0.15) is 0 Å². The Kier molecular flexibility index (Phi) is 3.90. The van der Waals surface area contributed by atoms with E-state index in [1.54, 1.807) is 11.1 Å². The van der Waals surface area contributed by atoms with Gasteiger partial charge in [-0.15, -0.1) is 0 Å². The molecule has 0 N–H and O–H groups in total. The van der Waals surface area contributed by atoms with Crippen molar-refractivity contribution in [3.05, 3.63) is 36.0 Å². The number of aryl methyl sites for hydroxylation is 1. The zero-order chi connectivity index (χ0) is 16.6. The topological polar surface area (TPSA) is 62.6 Å². The molecule has 2 aromatic rings. The van der Waals surface area contributed by atoms with Crippen LogP contribution >= 0.6 is 0 Å². The second-order valence-electron chi connectivity index (χ2n) is 5.80. The predicted octanol–water partition coefficient (Wildman–Crippen LogP) is 1.05. The normalized spacial score (nSPS) is 15.0. The molecular formula is C17H19N3O3. The van der Waals surface area contributed by atoms with Gasteiger partial charge in [-0.3, -0.25) is 14.4 Å². The van der Waals surface area contributed by atoms with E-state index in [9.17, 15) is 14.4 Å². The molecule has 1 aliphatic rings. The van der Waals surface area contributed by atoms with Crippen LogP contribution in [0.25, 0.3) is 10.9 Å². The summed E-state index contributed by atoms with van der Waals surface area (Å²) in [6.45, 7) is 3.26. The van der Waals surface area contributed by atoms with Crippen LogP contribution in [0.15, 0.2) is 30.5 Å². The molecule has 0 spiro atoms. The number of carbonyl (C=O) groups excluding carboxylic acids is 3. The molecule has 3 rings (SSSR count). The van der Waals surface area contributed by atoms with Crippen molar-refractivity contribution >= 4 is 28.5 Å². The lowest BCUT2D eigenvalue weighted by molar-refractivity contribution is -0.135. The number of ketones is 1. The number of amides is 2. The van der Waals surface area contributed by atoms with Gasteiger partial charge < -0.3 is 14.4 Å². The molecule has 0 atom stereocenters. The Hall–Kier alpha value is -2.63. The van der Waals surface area contributed by atoms with E-state index in [1.807, 2.05) is 35.9 Å². The van der Waals surface area contributed by atoms with Gasteiger partial charge >= 0.3 is 0 Å². The van der Waals surface area contributed by atoms with Gasteiger partial charge in [0.15, 0.2) is 0 Å². The molecule has 1 aliphatic heterocycles. The molecule has 0 aliphatic carbocycles. The number of para-hydroxylation sites is 1. The maximum atomic E-state index is 12.6. The van der Waals surface area contributed by atoms with E-state index in [0.717, 1.165) is 10.9 Å². The number of hydrogen-bond donors (Lipinski definition) is 0. The Labute approximate surface area is 134 Å². The van der Waals surface area contributed by atoms with E-state index in [-0.39, 0.29) is 5.91 Å². The standard InChI is InChI=1S/C17H19N3O3/c1-12(21)19-7-9-20(10-8-19)17(23)16(22)14-11-18(2)15-6-4-3-5-13(14)15/h3-6,11H,7-10H2,1-2H3. The number of aromatic nitrogens is 1. The zero-order valence-corrected chi connectivity index (χ0v) is 13.3. The third-order valence-corrected chi connectivity index (χ3v) is 4.35. The Morgan fingerprint density at radius 2 is 1.57 bits per heavy atom. The minimum absolute atomic E-state index is 0.00233. The highest BCUT2D eigenvalue weighted by Crippen LogP contribution is 2.21. The average Bonchev–Trinajstić information content (AvgIpc) is 2.91. The molecule has 1 fully saturated rings. The number of nitrogens with zero attached hydrogens (tertiary/aromatic N) is 3. The Bertz CT molecular complexity index is 785.